The van der Waals surface area contributed by atoms with Gasteiger partial charge in [0.25, 0.3) is 0 Å². The molecule has 1 aliphatic carbocycles. The minimum absolute atomic E-state index is 0.00678. The third-order valence-corrected chi connectivity index (χ3v) is 14.0. The first kappa shape index (κ1) is 62.4. The molecule has 0 aromatic rings. The van der Waals surface area contributed by atoms with Gasteiger partial charge in [0, 0.05) is 55.4 Å². The zero-order valence-electron chi connectivity index (χ0n) is 39.4. The van der Waals surface area contributed by atoms with Gasteiger partial charge in [0.15, 0.2) is 6.29 Å². The average molecular weight is 1130 g/mol. The number of carbonyl (C=O) groups excluding carboxylic acids is 8. The van der Waals surface area contributed by atoms with Gasteiger partial charge in [-0.25, -0.2) is 54.5 Å². The van der Waals surface area contributed by atoms with E-state index in [0.29, 0.717) is 0 Å². The van der Waals surface area contributed by atoms with Crippen molar-refractivity contribution < 1.29 is 158 Å². The van der Waals surface area contributed by atoms with E-state index in [0.717, 1.165) is 55.4 Å². The lowest BCUT2D eigenvalue weighted by atomic mass is 9.72. The number of esters is 8. The van der Waals surface area contributed by atoms with Crippen molar-refractivity contribution in [2.24, 2.45) is 0 Å². The first-order valence-corrected chi connectivity index (χ1v) is 26.2. The summed E-state index contributed by atoms with van der Waals surface area (Å²) in [6.45, 7) is -2.99. The molecule has 7 atom stereocenters. The van der Waals surface area contributed by atoms with Crippen LogP contribution in [0.1, 0.15) is 74.7 Å². The fourth-order valence-corrected chi connectivity index (χ4v) is 10.3. The van der Waals surface area contributed by atoms with Gasteiger partial charge in [-0.1, -0.05) is 0 Å². The van der Waals surface area contributed by atoms with Crippen LogP contribution in [0.15, 0.2) is 0 Å². The van der Waals surface area contributed by atoms with E-state index in [1.165, 1.54) is 0 Å². The summed E-state index contributed by atoms with van der Waals surface area (Å²) < 4.78 is 175. The lowest BCUT2D eigenvalue weighted by Gasteiger charge is -2.53. The van der Waals surface area contributed by atoms with Crippen LogP contribution in [0.2, 0.25) is 0 Å². The summed E-state index contributed by atoms with van der Waals surface area (Å²) in [4.78, 5) is 94.3. The minimum Gasteiger partial charge on any atom is -0.438 e. The van der Waals surface area contributed by atoms with Gasteiger partial charge in [-0.15, -0.1) is 0 Å². The molecule has 2 saturated heterocycles. The predicted molar refractivity (Wildman–Crippen MR) is 218 cm³/mol. The number of hydrogen-bond donors (Lipinski definition) is 0. The molecule has 0 radical (unpaired) electrons. The Morgan fingerprint density at radius 2 is 0.667 bits per heavy atom. The van der Waals surface area contributed by atoms with E-state index in [2.05, 4.69) is 0 Å². The molecule has 0 aromatic heterocycles. The molecule has 1 spiro atoms. The van der Waals surface area contributed by atoms with Gasteiger partial charge < -0.3 is 47.4 Å². The molecule has 38 heteroatoms. The number of carbonyl (C=O) groups is 8. The Bertz CT molecular complexity index is 2020. The first-order valence-electron chi connectivity index (χ1n) is 20.3. The molecule has 34 nitrogen and oxygen atoms in total. The molecule has 2 aliphatic heterocycles. The van der Waals surface area contributed by atoms with Crippen molar-refractivity contribution in [1.82, 2.24) is 0 Å². The standard InChI is InChI=1S/C34H52O34P4/c1-20(35)47-12-55-69(43,56-13-48-21(2)36)65-29-30(66-70(44,57-14-49-22(3)37)58-15-50-23(4)38)32-34(11-9-10-28(63-32)64-34)33(68-72(46,61-18-53-26(7)41)62-19-54-27(8)42)31(29)67-71(45,59-16-51-24(5)39)60-17-52-25(6)40/h28-33H,9-19H2,1-8H3/t28-,29-,30-,31+,32+,33-,34+/m1/s1. The Hall–Kier alpha value is -3.88. The maximum Gasteiger partial charge on any atom is 0.481 e. The van der Waals surface area contributed by atoms with E-state index >= 15 is 0 Å². The highest BCUT2D eigenvalue weighted by Crippen LogP contribution is 2.65. The zero-order chi connectivity index (χ0) is 53.9. The maximum atomic E-state index is 14.9. The number of hydrogen-bond acceptors (Lipinski definition) is 34. The first-order chi connectivity index (χ1) is 33.6. The fourth-order valence-electron chi connectivity index (χ4n) is 5.90. The molecule has 2 heterocycles. The van der Waals surface area contributed by atoms with Gasteiger partial charge in [-0.2, -0.15) is 0 Å². The Labute approximate surface area is 408 Å². The molecular formula is C34H52O34P4. The topological polar surface area (TPSA) is 408 Å². The van der Waals surface area contributed by atoms with Gasteiger partial charge in [0.05, 0.1) is 0 Å². The number of phosphoric ester groups is 4. The minimum atomic E-state index is -5.68. The molecule has 3 aliphatic rings. The second-order valence-corrected chi connectivity index (χ2v) is 20.5. The maximum absolute atomic E-state index is 14.9. The highest BCUT2D eigenvalue weighted by molar-refractivity contribution is 7.49. The van der Waals surface area contributed by atoms with E-state index in [1.54, 1.807) is 0 Å². The molecule has 0 unspecified atom stereocenters. The van der Waals surface area contributed by atoms with E-state index in [4.69, 9.17) is 102 Å². The van der Waals surface area contributed by atoms with Crippen LogP contribution < -0.4 is 0 Å². The molecule has 412 valence electrons. The zero-order valence-corrected chi connectivity index (χ0v) is 43.0. The molecule has 0 amide bonds. The van der Waals surface area contributed by atoms with E-state index in [-0.39, 0.29) is 19.3 Å². The van der Waals surface area contributed by atoms with Crippen LogP contribution in [0.4, 0.5) is 0 Å². The van der Waals surface area contributed by atoms with Crippen molar-refractivity contribution in [3.8, 4) is 0 Å². The lowest BCUT2D eigenvalue weighted by Crippen LogP contribution is -2.71. The normalized spacial score (nSPS) is 22.9. The van der Waals surface area contributed by atoms with Crippen LogP contribution in [0, 0.1) is 0 Å². The summed E-state index contributed by atoms with van der Waals surface area (Å²) in [5.41, 5.74) is -2.38. The van der Waals surface area contributed by atoms with Crippen molar-refractivity contribution in [2.75, 3.05) is 54.3 Å². The third kappa shape index (κ3) is 20.8. The number of ether oxygens (including phenoxy) is 10. The number of phosphoric acid groups is 4. The fraction of sp³-hybridized carbons (Fsp3) is 0.765. The van der Waals surface area contributed by atoms with Crippen LogP contribution in [0.3, 0.4) is 0 Å². The molecule has 0 N–H and O–H groups in total. The van der Waals surface area contributed by atoms with Gasteiger partial charge in [-0.3, -0.25) is 56.5 Å². The van der Waals surface area contributed by atoms with Crippen LogP contribution in [0.25, 0.3) is 0 Å². The largest absolute Gasteiger partial charge is 0.481 e. The second kappa shape index (κ2) is 28.7. The van der Waals surface area contributed by atoms with Gasteiger partial charge in [0.2, 0.25) is 54.3 Å². The SMILES string of the molecule is CC(=O)OCOP(=O)(OCOC(C)=O)O[C@@H]1[C@@H](OP(=O)(OCOC(C)=O)OCOC(C)=O)[C@@H]2O[C@H]3CCC[C@@]2(O3)[C@H](OP(=O)(OCOC(C)=O)OCOC(C)=O)[C@H]1OP(=O)(OCOC(C)=O)OCOC(C)=O. The van der Waals surface area contributed by atoms with E-state index in [1.807, 2.05) is 0 Å². The molecule has 1 saturated carbocycles. The number of rotatable bonds is 32. The molecule has 3 rings (SSSR count). The Balaban J connectivity index is 2.51. The summed E-state index contributed by atoms with van der Waals surface area (Å²) >= 11 is 0. The average Bonchev–Trinajstić information content (AvgIpc) is 3.51. The monoisotopic (exact) mass is 1130 g/mol. The predicted octanol–water partition coefficient (Wildman–Crippen LogP) is 2.94. The Kier molecular flexibility index (Phi) is 24.9. The van der Waals surface area contributed by atoms with Crippen molar-refractivity contribution in [3.63, 3.8) is 0 Å². The molecule has 72 heavy (non-hydrogen) atoms. The van der Waals surface area contributed by atoms with Gasteiger partial charge in [0.1, 0.15) is 36.1 Å². The van der Waals surface area contributed by atoms with Gasteiger partial charge >= 0.3 is 79.0 Å². The van der Waals surface area contributed by atoms with E-state index < -0.39 is 176 Å². The molecule has 0 aromatic carbocycles. The summed E-state index contributed by atoms with van der Waals surface area (Å²) in [5, 5.41) is 0. The van der Waals surface area contributed by atoms with Crippen molar-refractivity contribution in [2.45, 2.75) is 117 Å². The van der Waals surface area contributed by atoms with Crippen LogP contribution in [-0.4, -0.2) is 145 Å². The summed E-state index contributed by atoms with van der Waals surface area (Å²) in [7, 11) is -22.4. The molecular weight excluding hydrogens is 1080 g/mol. The highest BCUT2D eigenvalue weighted by Gasteiger charge is 2.72. The molecule has 2 bridgehead atoms. The van der Waals surface area contributed by atoms with Crippen LogP contribution in [0.5, 0.6) is 0 Å². The highest BCUT2D eigenvalue weighted by atomic mass is 31.2. The quantitative estimate of drug-likeness (QED) is 0.0404. The lowest BCUT2D eigenvalue weighted by molar-refractivity contribution is -0.234. The van der Waals surface area contributed by atoms with Crippen LogP contribution >= 0.6 is 31.3 Å². The summed E-state index contributed by atoms with van der Waals surface area (Å²) in [5.74, 6) is -8.26. The summed E-state index contributed by atoms with van der Waals surface area (Å²) in [6.07, 6.45) is -14.0. The number of fused-ring (bicyclic) bond motifs is 1. The van der Waals surface area contributed by atoms with Gasteiger partial charge in [-0.05, 0) is 19.3 Å². The Morgan fingerprint density at radius 1 is 0.403 bits per heavy atom. The smallest absolute Gasteiger partial charge is 0.438 e. The van der Waals surface area contributed by atoms with Crippen molar-refractivity contribution in [3.05, 3.63) is 0 Å². The third-order valence-electron chi connectivity index (χ3n) is 8.64. The summed E-state index contributed by atoms with van der Waals surface area (Å²) in [6, 6.07) is 0. The van der Waals surface area contributed by atoms with Crippen molar-refractivity contribution in [1.29, 1.82) is 0 Å². The Morgan fingerprint density at radius 3 is 0.958 bits per heavy atom. The van der Waals surface area contributed by atoms with E-state index in [9.17, 15) is 56.6 Å². The second-order valence-electron chi connectivity index (χ2n) is 14.0. The molecule has 3 fully saturated rings. The van der Waals surface area contributed by atoms with Crippen molar-refractivity contribution >= 4 is 79.0 Å². The van der Waals surface area contributed by atoms with Crippen LogP contribution in [-0.2, 0) is 158 Å².